The molecule has 1 aromatic rings. The van der Waals surface area contributed by atoms with Gasteiger partial charge in [-0.25, -0.2) is 9.59 Å². The summed E-state index contributed by atoms with van der Waals surface area (Å²) < 4.78 is 4.93. The molecule has 0 unspecified atom stereocenters. The second-order valence-corrected chi connectivity index (χ2v) is 5.66. The third-order valence-corrected chi connectivity index (χ3v) is 3.40. The molecule has 0 bridgehead atoms. The Morgan fingerprint density at radius 3 is 2.44 bits per heavy atom. The van der Waals surface area contributed by atoms with Crippen LogP contribution in [0.25, 0.3) is 0 Å². The van der Waals surface area contributed by atoms with E-state index in [4.69, 9.17) is 26.2 Å². The summed E-state index contributed by atoms with van der Waals surface area (Å²) in [7, 11) is 0. The Labute approximate surface area is 153 Å². The van der Waals surface area contributed by atoms with Crippen LogP contribution in [0, 0.1) is 0 Å². The van der Waals surface area contributed by atoms with Gasteiger partial charge in [-0.2, -0.15) is 4.98 Å². The molecule has 0 saturated heterocycles. The molecule has 3 amide bonds. The molecule has 2 atom stereocenters. The van der Waals surface area contributed by atoms with Crippen molar-refractivity contribution in [3.63, 3.8) is 0 Å². The number of aromatic nitrogens is 2. The highest BCUT2D eigenvalue weighted by molar-refractivity contribution is 5.82. The minimum absolute atomic E-state index is 0.0444. The molecule has 0 spiro atoms. The van der Waals surface area contributed by atoms with Crippen LogP contribution in [0.4, 0.5) is 4.79 Å². The standard InChI is InChI=1S/C14H22N6O7/c15-7(2-1-3-9(16)21)12-19-10(27-20-12)6-17-14(26)18-8(13(24)25)4-5-11(22)23/h7-8H,1-6,15H2,(H2,16,21)(H,22,23)(H,24,25)(H2,17,18,26)/t7-,8-/m0/s1. The zero-order valence-electron chi connectivity index (χ0n) is 14.4. The van der Waals surface area contributed by atoms with Crippen LogP contribution in [0.3, 0.4) is 0 Å². The summed E-state index contributed by atoms with van der Waals surface area (Å²) in [5.41, 5.74) is 10.9. The first-order valence-corrected chi connectivity index (χ1v) is 8.04. The molecule has 0 aliphatic rings. The average molecular weight is 386 g/mol. The number of nitrogens with two attached hydrogens (primary N) is 2. The highest BCUT2D eigenvalue weighted by Crippen LogP contribution is 2.13. The van der Waals surface area contributed by atoms with Crippen molar-refractivity contribution in [3.05, 3.63) is 11.7 Å². The molecule has 150 valence electrons. The average Bonchev–Trinajstić information content (AvgIpc) is 3.05. The van der Waals surface area contributed by atoms with Crippen molar-refractivity contribution in [2.45, 2.75) is 50.7 Å². The van der Waals surface area contributed by atoms with E-state index < -0.39 is 42.4 Å². The van der Waals surface area contributed by atoms with Crippen LogP contribution >= 0.6 is 0 Å². The van der Waals surface area contributed by atoms with Crippen LogP contribution in [0.2, 0.25) is 0 Å². The second-order valence-electron chi connectivity index (χ2n) is 5.66. The minimum atomic E-state index is -1.35. The monoisotopic (exact) mass is 386 g/mol. The molecule has 0 fully saturated rings. The van der Waals surface area contributed by atoms with E-state index >= 15 is 0 Å². The summed E-state index contributed by atoms with van der Waals surface area (Å²) >= 11 is 0. The summed E-state index contributed by atoms with van der Waals surface area (Å²) in [6.07, 6.45) is 0.404. The van der Waals surface area contributed by atoms with E-state index in [1.165, 1.54) is 0 Å². The number of carbonyl (C=O) groups is 4. The lowest BCUT2D eigenvalue weighted by Crippen LogP contribution is -2.46. The highest BCUT2D eigenvalue weighted by atomic mass is 16.5. The van der Waals surface area contributed by atoms with E-state index in [2.05, 4.69) is 20.8 Å². The van der Waals surface area contributed by atoms with Gasteiger partial charge in [-0.1, -0.05) is 5.16 Å². The first-order valence-electron chi connectivity index (χ1n) is 8.04. The van der Waals surface area contributed by atoms with Gasteiger partial charge in [0.1, 0.15) is 6.04 Å². The van der Waals surface area contributed by atoms with Gasteiger partial charge >= 0.3 is 18.0 Å². The number of nitrogens with zero attached hydrogens (tertiary/aromatic N) is 2. The molecule has 0 aliphatic heterocycles. The number of aliphatic carboxylic acids is 2. The van der Waals surface area contributed by atoms with Gasteiger partial charge in [0.2, 0.25) is 11.8 Å². The first-order chi connectivity index (χ1) is 12.7. The van der Waals surface area contributed by atoms with E-state index in [-0.39, 0.29) is 31.1 Å². The van der Waals surface area contributed by atoms with Gasteiger partial charge in [-0.3, -0.25) is 9.59 Å². The van der Waals surface area contributed by atoms with Gasteiger partial charge in [0, 0.05) is 12.8 Å². The molecule has 1 rings (SSSR count). The van der Waals surface area contributed by atoms with Crippen molar-refractivity contribution in [3.8, 4) is 0 Å². The van der Waals surface area contributed by atoms with Gasteiger partial charge in [0.05, 0.1) is 12.6 Å². The zero-order chi connectivity index (χ0) is 20.4. The molecule has 0 aromatic carbocycles. The van der Waals surface area contributed by atoms with Crippen LogP contribution in [0.1, 0.15) is 49.9 Å². The summed E-state index contributed by atoms with van der Waals surface area (Å²) in [4.78, 5) is 47.9. The number of carboxylic acid groups (broad SMARTS) is 2. The van der Waals surface area contributed by atoms with Crippen LogP contribution in [-0.2, 0) is 20.9 Å². The smallest absolute Gasteiger partial charge is 0.326 e. The Balaban J connectivity index is 2.45. The molecular weight excluding hydrogens is 364 g/mol. The number of carbonyl (C=O) groups excluding carboxylic acids is 2. The third-order valence-electron chi connectivity index (χ3n) is 3.40. The Morgan fingerprint density at radius 1 is 1.15 bits per heavy atom. The maximum absolute atomic E-state index is 11.7. The number of amides is 3. The number of hydrogen-bond acceptors (Lipinski definition) is 8. The first kappa shape index (κ1) is 21.8. The van der Waals surface area contributed by atoms with Gasteiger partial charge in [0.15, 0.2) is 5.82 Å². The predicted molar refractivity (Wildman–Crippen MR) is 87.9 cm³/mol. The lowest BCUT2D eigenvalue weighted by atomic mass is 10.1. The summed E-state index contributed by atoms with van der Waals surface area (Å²) in [5, 5.41) is 25.7. The van der Waals surface area contributed by atoms with Gasteiger partial charge in [-0.15, -0.1) is 0 Å². The fourth-order valence-electron chi connectivity index (χ4n) is 2.01. The van der Waals surface area contributed by atoms with Crippen LogP contribution in [-0.4, -0.2) is 50.3 Å². The second kappa shape index (κ2) is 10.7. The fraction of sp³-hybridized carbons (Fsp3) is 0.571. The van der Waals surface area contributed by atoms with E-state index in [0.29, 0.717) is 12.8 Å². The normalized spacial score (nSPS) is 12.8. The predicted octanol–water partition coefficient (Wildman–Crippen LogP) is -1.16. The third kappa shape index (κ3) is 8.62. The molecule has 1 heterocycles. The molecule has 13 nitrogen and oxygen atoms in total. The molecule has 0 radical (unpaired) electrons. The van der Waals surface area contributed by atoms with E-state index in [9.17, 15) is 19.2 Å². The van der Waals surface area contributed by atoms with Crippen molar-refractivity contribution in [1.82, 2.24) is 20.8 Å². The Bertz CT molecular complexity index is 677. The summed E-state index contributed by atoms with van der Waals surface area (Å²) in [6, 6.07) is -2.75. The zero-order valence-corrected chi connectivity index (χ0v) is 14.4. The number of nitrogens with one attached hydrogen (secondary N) is 2. The largest absolute Gasteiger partial charge is 0.481 e. The van der Waals surface area contributed by atoms with Gasteiger partial charge in [-0.05, 0) is 19.3 Å². The van der Waals surface area contributed by atoms with E-state index in [1.807, 2.05) is 0 Å². The Hall–Kier alpha value is -3.22. The molecular formula is C14H22N6O7. The van der Waals surface area contributed by atoms with Crippen molar-refractivity contribution in [2.75, 3.05) is 0 Å². The van der Waals surface area contributed by atoms with E-state index in [0.717, 1.165) is 0 Å². The number of carboxylic acids is 2. The summed E-state index contributed by atoms with van der Waals surface area (Å²) in [6.45, 7) is -0.182. The maximum Gasteiger partial charge on any atom is 0.326 e. The van der Waals surface area contributed by atoms with Crippen molar-refractivity contribution in [2.24, 2.45) is 11.5 Å². The number of rotatable bonds is 12. The van der Waals surface area contributed by atoms with Crippen molar-refractivity contribution < 1.29 is 33.9 Å². The topological polar surface area (TPSA) is 224 Å². The molecule has 0 saturated carbocycles. The molecule has 8 N–H and O–H groups in total. The van der Waals surface area contributed by atoms with Crippen LogP contribution in [0.15, 0.2) is 4.52 Å². The Kier molecular flexibility index (Phi) is 8.65. The van der Waals surface area contributed by atoms with Crippen molar-refractivity contribution in [1.29, 1.82) is 0 Å². The lowest BCUT2D eigenvalue weighted by Gasteiger charge is -2.13. The minimum Gasteiger partial charge on any atom is -0.481 e. The van der Waals surface area contributed by atoms with Gasteiger partial charge in [0.25, 0.3) is 0 Å². The Morgan fingerprint density at radius 2 is 1.85 bits per heavy atom. The van der Waals surface area contributed by atoms with Crippen LogP contribution in [0.5, 0.6) is 0 Å². The number of primary amides is 1. The SMILES string of the molecule is NC(=O)CCC[C@H](N)c1noc(CNC(=O)N[C@@H](CCC(=O)O)C(=O)O)n1. The highest BCUT2D eigenvalue weighted by Gasteiger charge is 2.21. The number of urea groups is 1. The lowest BCUT2D eigenvalue weighted by molar-refractivity contribution is -0.140. The van der Waals surface area contributed by atoms with Crippen LogP contribution < -0.4 is 22.1 Å². The maximum atomic E-state index is 11.7. The quantitative estimate of drug-likeness (QED) is 0.252. The molecule has 27 heavy (non-hydrogen) atoms. The van der Waals surface area contributed by atoms with E-state index in [1.54, 1.807) is 0 Å². The molecule has 1 aromatic heterocycles. The molecule has 13 heteroatoms. The summed E-state index contributed by atoms with van der Waals surface area (Å²) in [5.74, 6) is -2.72. The fourth-order valence-corrected chi connectivity index (χ4v) is 2.01. The number of hydrogen-bond donors (Lipinski definition) is 6. The van der Waals surface area contributed by atoms with Crippen molar-refractivity contribution >= 4 is 23.9 Å². The van der Waals surface area contributed by atoms with Gasteiger partial charge < -0.3 is 36.8 Å². The molecule has 0 aliphatic carbocycles.